The van der Waals surface area contributed by atoms with Crippen LogP contribution >= 0.6 is 38.5 Å². The van der Waals surface area contributed by atoms with Gasteiger partial charge in [0.15, 0.2) is 6.10 Å². The van der Waals surface area contributed by atoms with Crippen molar-refractivity contribution in [1.82, 2.24) is 0 Å². The summed E-state index contributed by atoms with van der Waals surface area (Å²) in [6.07, 6.45) is -0.444. The van der Waals surface area contributed by atoms with Crippen LogP contribution in [-0.4, -0.2) is 18.0 Å². The lowest BCUT2D eigenvalue weighted by atomic mass is 9.98. The van der Waals surface area contributed by atoms with Gasteiger partial charge in [-0.25, -0.2) is 4.79 Å². The fourth-order valence-corrected chi connectivity index (χ4v) is 3.22. The van der Waals surface area contributed by atoms with E-state index in [-0.39, 0.29) is 5.91 Å². The minimum atomic E-state index is -0.815. The second kappa shape index (κ2) is 6.37. The highest BCUT2D eigenvalue weighted by Gasteiger charge is 2.31. The summed E-state index contributed by atoms with van der Waals surface area (Å²) in [6.45, 7) is 0. The van der Waals surface area contributed by atoms with Crippen LogP contribution in [0.2, 0.25) is 0 Å². The number of halogens is 2. The smallest absolute Gasteiger partial charge is 0.339 e. The highest BCUT2D eigenvalue weighted by molar-refractivity contribution is 14.1. The summed E-state index contributed by atoms with van der Waals surface area (Å²) in [6, 6.07) is 12.8. The number of benzene rings is 2. The van der Waals surface area contributed by atoms with Crippen LogP contribution in [0, 0.1) is 3.57 Å². The summed E-state index contributed by atoms with van der Waals surface area (Å²) < 4.78 is 7.06. The fraction of sp³-hybridized carbons (Fsp3) is 0.125. The van der Waals surface area contributed by atoms with Gasteiger partial charge >= 0.3 is 5.97 Å². The molecule has 112 valence electrons. The lowest BCUT2D eigenvalue weighted by Gasteiger charge is -2.24. The van der Waals surface area contributed by atoms with Gasteiger partial charge in [-0.2, -0.15) is 0 Å². The molecule has 22 heavy (non-hydrogen) atoms. The van der Waals surface area contributed by atoms with E-state index in [1.807, 2.05) is 30.3 Å². The number of esters is 1. The number of nitrogens with one attached hydrogen (secondary N) is 1. The third-order valence-corrected chi connectivity index (χ3v) is 4.80. The van der Waals surface area contributed by atoms with Gasteiger partial charge in [-0.15, -0.1) is 0 Å². The molecule has 0 spiro atoms. The highest BCUT2D eigenvalue weighted by atomic mass is 127. The van der Waals surface area contributed by atoms with Crippen molar-refractivity contribution in [1.29, 1.82) is 0 Å². The minimum absolute atomic E-state index is 0.317. The van der Waals surface area contributed by atoms with Crippen LogP contribution in [0.3, 0.4) is 0 Å². The van der Waals surface area contributed by atoms with E-state index < -0.39 is 12.1 Å². The molecule has 1 N–H and O–H groups in total. The summed E-state index contributed by atoms with van der Waals surface area (Å²) in [5, 5.41) is 2.81. The Bertz CT molecular complexity index is 763. The summed E-state index contributed by atoms with van der Waals surface area (Å²) in [5.74, 6) is -0.778. The Hall–Kier alpha value is -1.41. The van der Waals surface area contributed by atoms with Crippen molar-refractivity contribution < 1.29 is 14.3 Å². The second-order valence-electron chi connectivity index (χ2n) is 4.87. The van der Waals surface area contributed by atoms with Crippen molar-refractivity contribution in [2.45, 2.75) is 12.5 Å². The lowest BCUT2D eigenvalue weighted by Crippen LogP contribution is -2.38. The Balaban J connectivity index is 1.80. The number of carbonyl (C=O) groups is 2. The van der Waals surface area contributed by atoms with Crippen molar-refractivity contribution in [3.8, 4) is 0 Å². The topological polar surface area (TPSA) is 55.4 Å². The molecule has 1 aliphatic rings. The molecular weight excluding hydrogens is 461 g/mol. The van der Waals surface area contributed by atoms with Gasteiger partial charge in [0.2, 0.25) is 0 Å². The van der Waals surface area contributed by atoms with Crippen LogP contribution in [0.15, 0.2) is 46.9 Å². The molecule has 0 radical (unpaired) electrons. The third-order valence-electron chi connectivity index (χ3n) is 3.37. The van der Waals surface area contributed by atoms with Gasteiger partial charge in [0.25, 0.3) is 5.91 Å². The van der Waals surface area contributed by atoms with Crippen LogP contribution < -0.4 is 5.32 Å². The maximum absolute atomic E-state index is 12.4. The first-order chi connectivity index (χ1) is 10.5. The monoisotopic (exact) mass is 471 g/mol. The fourth-order valence-electron chi connectivity index (χ4n) is 2.29. The highest BCUT2D eigenvalue weighted by Crippen LogP contribution is 2.25. The van der Waals surface area contributed by atoms with Crippen molar-refractivity contribution in [2.75, 3.05) is 5.32 Å². The lowest BCUT2D eigenvalue weighted by molar-refractivity contribution is -0.125. The van der Waals surface area contributed by atoms with Crippen LogP contribution in [-0.2, 0) is 16.0 Å². The van der Waals surface area contributed by atoms with Gasteiger partial charge in [0, 0.05) is 14.5 Å². The zero-order valence-electron chi connectivity index (χ0n) is 11.3. The maximum atomic E-state index is 12.4. The molecule has 4 nitrogen and oxygen atoms in total. The molecule has 1 atom stereocenters. The second-order valence-corrected chi connectivity index (χ2v) is 6.95. The van der Waals surface area contributed by atoms with Gasteiger partial charge in [-0.1, -0.05) is 28.1 Å². The first kappa shape index (κ1) is 15.5. The number of hydrogen-bond acceptors (Lipinski definition) is 3. The SMILES string of the molecule is O=C1OC(C(=O)Nc2ccccc2I)Cc2cc(Br)ccc21. The molecule has 0 aliphatic carbocycles. The van der Waals surface area contributed by atoms with Gasteiger partial charge in [-0.3, -0.25) is 4.79 Å². The summed E-state index contributed by atoms with van der Waals surface area (Å²) in [5.41, 5.74) is 2.04. The number of carbonyl (C=O) groups excluding carboxylic acids is 2. The Morgan fingerprint density at radius 3 is 2.82 bits per heavy atom. The first-order valence-corrected chi connectivity index (χ1v) is 8.46. The summed E-state index contributed by atoms with van der Waals surface area (Å²) >= 11 is 5.52. The van der Waals surface area contributed by atoms with Crippen LogP contribution in [0.5, 0.6) is 0 Å². The summed E-state index contributed by atoms with van der Waals surface area (Å²) in [7, 11) is 0. The van der Waals surface area contributed by atoms with Crippen molar-refractivity contribution in [3.05, 3.63) is 61.6 Å². The molecule has 0 saturated heterocycles. The number of anilines is 1. The third kappa shape index (κ3) is 3.17. The van der Waals surface area contributed by atoms with Crippen LogP contribution in [0.1, 0.15) is 15.9 Å². The molecule has 2 aromatic carbocycles. The van der Waals surface area contributed by atoms with E-state index >= 15 is 0 Å². The van der Waals surface area contributed by atoms with Gasteiger partial charge in [0.1, 0.15) is 0 Å². The van der Waals surface area contributed by atoms with Crippen molar-refractivity contribution in [2.24, 2.45) is 0 Å². The summed E-state index contributed by atoms with van der Waals surface area (Å²) in [4.78, 5) is 24.4. The molecule has 1 aliphatic heterocycles. The van der Waals surface area contributed by atoms with E-state index in [1.54, 1.807) is 12.1 Å². The van der Waals surface area contributed by atoms with E-state index in [2.05, 4.69) is 43.8 Å². The number of cyclic esters (lactones) is 1. The predicted octanol–water partition coefficient (Wildman–Crippen LogP) is 3.77. The molecule has 0 bridgehead atoms. The number of hydrogen-bond donors (Lipinski definition) is 1. The molecule has 2 aromatic rings. The molecule has 0 saturated carbocycles. The van der Waals surface area contributed by atoms with Gasteiger partial charge in [-0.05, 0) is 58.5 Å². The van der Waals surface area contributed by atoms with E-state index in [9.17, 15) is 9.59 Å². The zero-order valence-corrected chi connectivity index (χ0v) is 15.1. The number of para-hydroxylation sites is 1. The van der Waals surface area contributed by atoms with Gasteiger partial charge in [0.05, 0.1) is 11.3 Å². The van der Waals surface area contributed by atoms with Crippen molar-refractivity contribution >= 4 is 56.1 Å². The number of rotatable bonds is 2. The van der Waals surface area contributed by atoms with E-state index in [0.29, 0.717) is 17.7 Å². The predicted molar refractivity (Wildman–Crippen MR) is 94.8 cm³/mol. The normalized spacial score (nSPS) is 16.6. The van der Waals surface area contributed by atoms with E-state index in [1.165, 1.54) is 0 Å². The molecule has 1 amide bonds. The van der Waals surface area contributed by atoms with Gasteiger partial charge < -0.3 is 10.1 Å². The zero-order chi connectivity index (χ0) is 15.7. The van der Waals surface area contributed by atoms with Crippen LogP contribution in [0.25, 0.3) is 0 Å². The number of fused-ring (bicyclic) bond motifs is 1. The minimum Gasteiger partial charge on any atom is -0.448 e. The number of amides is 1. The molecule has 3 rings (SSSR count). The molecule has 1 unspecified atom stereocenters. The molecule has 0 fully saturated rings. The maximum Gasteiger partial charge on any atom is 0.339 e. The molecular formula is C16H11BrINO3. The first-order valence-electron chi connectivity index (χ1n) is 6.59. The van der Waals surface area contributed by atoms with E-state index in [4.69, 9.17) is 4.74 Å². The Labute approximate surface area is 149 Å². The molecule has 0 aromatic heterocycles. The largest absolute Gasteiger partial charge is 0.448 e. The Morgan fingerprint density at radius 1 is 1.27 bits per heavy atom. The molecule has 1 heterocycles. The van der Waals surface area contributed by atoms with E-state index in [0.717, 1.165) is 13.6 Å². The Kier molecular flexibility index (Phi) is 4.49. The standard InChI is InChI=1S/C16H11BrINO3/c17-10-5-6-11-9(7-10)8-14(22-16(11)21)15(20)19-13-4-2-1-3-12(13)18/h1-7,14H,8H2,(H,19,20). The molecule has 6 heteroatoms. The van der Waals surface area contributed by atoms with Crippen LogP contribution in [0.4, 0.5) is 5.69 Å². The Morgan fingerprint density at radius 2 is 2.05 bits per heavy atom. The average molecular weight is 472 g/mol. The average Bonchev–Trinajstić information content (AvgIpc) is 2.49. The quantitative estimate of drug-likeness (QED) is 0.535. The van der Waals surface area contributed by atoms with Crippen molar-refractivity contribution in [3.63, 3.8) is 0 Å². The number of ether oxygens (including phenoxy) is 1.